The molecular weight excluding hydrogens is 114 g/mol. The summed E-state index contributed by atoms with van der Waals surface area (Å²) in [6.07, 6.45) is 4.69. The fourth-order valence-electron chi connectivity index (χ4n) is 1.38. The van der Waals surface area contributed by atoms with Crippen LogP contribution in [-0.2, 0) is 4.74 Å². The van der Waals surface area contributed by atoms with Crippen molar-refractivity contribution in [3.63, 3.8) is 0 Å². The highest BCUT2D eigenvalue weighted by Crippen LogP contribution is 2.19. The van der Waals surface area contributed by atoms with Gasteiger partial charge >= 0.3 is 0 Å². The van der Waals surface area contributed by atoms with Crippen LogP contribution in [0.25, 0.3) is 0 Å². The van der Waals surface area contributed by atoms with Crippen LogP contribution in [0.4, 0.5) is 0 Å². The number of hydrogen-bond acceptors (Lipinski definition) is 2. The molecule has 0 spiro atoms. The number of allylic oxidation sites excluding steroid dienone is 1. The van der Waals surface area contributed by atoms with E-state index in [4.69, 9.17) is 4.74 Å². The van der Waals surface area contributed by atoms with E-state index in [1.165, 1.54) is 19.4 Å². The Hall–Kier alpha value is -0.660. The van der Waals surface area contributed by atoms with Gasteiger partial charge in [0.15, 0.2) is 5.88 Å². The molecule has 0 aromatic heterocycles. The summed E-state index contributed by atoms with van der Waals surface area (Å²) in [6, 6.07) is 0. The molecule has 2 nitrogen and oxygen atoms in total. The van der Waals surface area contributed by atoms with Crippen molar-refractivity contribution in [3.05, 3.63) is 12.0 Å². The average molecular weight is 125 g/mol. The van der Waals surface area contributed by atoms with Crippen molar-refractivity contribution >= 4 is 0 Å². The molecule has 0 unspecified atom stereocenters. The molecule has 2 aliphatic heterocycles. The average Bonchev–Trinajstić information content (AvgIpc) is 2.33. The molecule has 0 aromatic rings. The first-order chi connectivity index (χ1) is 4.47. The predicted molar refractivity (Wildman–Crippen MR) is 34.8 cm³/mol. The van der Waals surface area contributed by atoms with Crippen LogP contribution < -0.4 is 0 Å². The van der Waals surface area contributed by atoms with E-state index in [2.05, 4.69) is 11.0 Å². The molecule has 0 aromatic carbocycles. The number of nitrogens with zero attached hydrogens (tertiary/aromatic N) is 1. The van der Waals surface area contributed by atoms with Crippen molar-refractivity contribution in [2.45, 2.75) is 12.8 Å². The fraction of sp³-hybridized carbons (Fsp3) is 0.714. The summed E-state index contributed by atoms with van der Waals surface area (Å²) in [5.74, 6) is 1.13. The Morgan fingerprint density at radius 3 is 3.33 bits per heavy atom. The maximum Gasteiger partial charge on any atom is 0.185 e. The van der Waals surface area contributed by atoms with Crippen molar-refractivity contribution in [1.29, 1.82) is 0 Å². The van der Waals surface area contributed by atoms with Crippen molar-refractivity contribution < 1.29 is 4.74 Å². The van der Waals surface area contributed by atoms with Gasteiger partial charge in [-0.1, -0.05) is 0 Å². The third-order valence-electron chi connectivity index (χ3n) is 1.87. The monoisotopic (exact) mass is 125 g/mol. The Morgan fingerprint density at radius 1 is 1.44 bits per heavy atom. The predicted octanol–water partition coefficient (Wildman–Crippen LogP) is 0.954. The smallest absolute Gasteiger partial charge is 0.185 e. The second-order valence-corrected chi connectivity index (χ2v) is 2.52. The topological polar surface area (TPSA) is 12.5 Å². The molecule has 0 atom stereocenters. The van der Waals surface area contributed by atoms with Gasteiger partial charge in [0.1, 0.15) is 6.61 Å². The quantitative estimate of drug-likeness (QED) is 0.478. The largest absolute Gasteiger partial charge is 0.477 e. The molecule has 0 N–H and O–H groups in total. The van der Waals surface area contributed by atoms with Gasteiger partial charge in [-0.15, -0.1) is 0 Å². The minimum atomic E-state index is 0.895. The van der Waals surface area contributed by atoms with E-state index >= 15 is 0 Å². The van der Waals surface area contributed by atoms with Crippen LogP contribution in [0.3, 0.4) is 0 Å². The zero-order chi connectivity index (χ0) is 6.10. The highest BCUT2D eigenvalue weighted by Gasteiger charge is 2.19. The zero-order valence-electron chi connectivity index (χ0n) is 5.47. The van der Waals surface area contributed by atoms with E-state index in [0.717, 1.165) is 19.0 Å². The summed E-state index contributed by atoms with van der Waals surface area (Å²) in [7, 11) is 0. The van der Waals surface area contributed by atoms with Crippen molar-refractivity contribution in [3.8, 4) is 0 Å². The molecule has 50 valence electrons. The van der Waals surface area contributed by atoms with E-state index in [1.54, 1.807) is 0 Å². The summed E-state index contributed by atoms with van der Waals surface area (Å²) in [5, 5.41) is 0. The first kappa shape index (κ1) is 5.15. The molecule has 2 rings (SSSR count). The minimum absolute atomic E-state index is 0.895. The van der Waals surface area contributed by atoms with Crippen molar-refractivity contribution in [2.24, 2.45) is 0 Å². The van der Waals surface area contributed by atoms with E-state index < -0.39 is 0 Å². The molecule has 2 heteroatoms. The van der Waals surface area contributed by atoms with Crippen LogP contribution in [-0.4, -0.2) is 24.6 Å². The molecular formula is C7H11NO. The third kappa shape index (κ3) is 0.784. The normalized spacial score (nSPS) is 24.9. The third-order valence-corrected chi connectivity index (χ3v) is 1.87. The molecule has 0 saturated carbocycles. The molecule has 2 aliphatic rings. The summed E-state index contributed by atoms with van der Waals surface area (Å²) in [6.45, 7) is 3.20. The van der Waals surface area contributed by atoms with E-state index in [9.17, 15) is 0 Å². The van der Waals surface area contributed by atoms with Crippen LogP contribution in [0.15, 0.2) is 12.0 Å². The Kier molecular flexibility index (Phi) is 1.11. The fourth-order valence-corrected chi connectivity index (χ4v) is 1.38. The van der Waals surface area contributed by atoms with Crippen LogP contribution in [0.2, 0.25) is 0 Å². The summed E-state index contributed by atoms with van der Waals surface area (Å²) in [4.78, 5) is 2.31. The highest BCUT2D eigenvalue weighted by molar-refractivity contribution is 5.00. The van der Waals surface area contributed by atoms with E-state index in [0.29, 0.717) is 0 Å². The van der Waals surface area contributed by atoms with Crippen LogP contribution in [0.5, 0.6) is 0 Å². The van der Waals surface area contributed by atoms with E-state index in [1.807, 2.05) is 0 Å². The van der Waals surface area contributed by atoms with Gasteiger partial charge in [0, 0.05) is 6.54 Å². The number of ether oxygens (including phenoxy) is 1. The molecule has 9 heavy (non-hydrogen) atoms. The van der Waals surface area contributed by atoms with Gasteiger partial charge in [0.2, 0.25) is 0 Å². The lowest BCUT2D eigenvalue weighted by Crippen LogP contribution is -2.22. The molecule has 2 heterocycles. The molecule has 0 amide bonds. The second kappa shape index (κ2) is 1.94. The maximum atomic E-state index is 5.34. The van der Waals surface area contributed by atoms with E-state index in [-0.39, 0.29) is 0 Å². The summed E-state index contributed by atoms with van der Waals surface area (Å²) < 4.78 is 5.34. The minimum Gasteiger partial charge on any atom is -0.477 e. The molecule has 0 radical (unpaired) electrons. The van der Waals surface area contributed by atoms with Gasteiger partial charge in [-0.3, -0.25) is 0 Å². The molecule has 0 aliphatic carbocycles. The molecule has 1 saturated heterocycles. The van der Waals surface area contributed by atoms with Crippen molar-refractivity contribution in [1.82, 2.24) is 4.90 Å². The van der Waals surface area contributed by atoms with Crippen molar-refractivity contribution in [2.75, 3.05) is 19.7 Å². The SMILES string of the molecule is C1=C2OCCN2CCC1. The van der Waals surface area contributed by atoms with Gasteiger partial charge < -0.3 is 9.64 Å². The second-order valence-electron chi connectivity index (χ2n) is 2.52. The Bertz CT molecular complexity index is 142. The van der Waals surface area contributed by atoms with Crippen LogP contribution in [0, 0.1) is 0 Å². The molecule has 1 fully saturated rings. The maximum absolute atomic E-state index is 5.34. The van der Waals surface area contributed by atoms with Gasteiger partial charge in [0.05, 0.1) is 6.54 Å². The Morgan fingerprint density at radius 2 is 2.44 bits per heavy atom. The first-order valence-corrected chi connectivity index (χ1v) is 3.55. The number of rotatable bonds is 0. The zero-order valence-corrected chi connectivity index (χ0v) is 5.47. The first-order valence-electron chi connectivity index (χ1n) is 3.55. The van der Waals surface area contributed by atoms with Crippen LogP contribution >= 0.6 is 0 Å². The number of hydrogen-bond donors (Lipinski definition) is 0. The summed E-state index contributed by atoms with van der Waals surface area (Å²) >= 11 is 0. The van der Waals surface area contributed by atoms with Gasteiger partial charge in [-0.25, -0.2) is 0 Å². The lowest BCUT2D eigenvalue weighted by Gasteiger charge is -2.20. The lowest BCUT2D eigenvalue weighted by molar-refractivity contribution is 0.223. The highest BCUT2D eigenvalue weighted by atomic mass is 16.5. The van der Waals surface area contributed by atoms with Gasteiger partial charge in [-0.2, -0.15) is 0 Å². The lowest BCUT2D eigenvalue weighted by atomic mass is 10.2. The standard InChI is InChI=1S/C7H11NO/c1-2-4-8-5-6-9-7(8)3-1/h3H,1-2,4-6H2. The van der Waals surface area contributed by atoms with Crippen LogP contribution in [0.1, 0.15) is 12.8 Å². The number of fused-ring (bicyclic) bond motifs is 1. The Labute approximate surface area is 55.1 Å². The molecule has 0 bridgehead atoms. The Balaban J connectivity index is 2.16. The summed E-state index contributed by atoms with van der Waals surface area (Å²) in [5.41, 5.74) is 0. The van der Waals surface area contributed by atoms with Gasteiger partial charge in [0.25, 0.3) is 0 Å². The van der Waals surface area contributed by atoms with Gasteiger partial charge in [-0.05, 0) is 18.9 Å².